The largest absolute Gasteiger partial charge is 0.342 e. The predicted octanol–water partition coefficient (Wildman–Crippen LogP) is 3.52. The van der Waals surface area contributed by atoms with E-state index in [1.54, 1.807) is 40.0 Å². The molecule has 2 atom stereocenters. The molecule has 4 heterocycles. The first-order valence-corrected chi connectivity index (χ1v) is 13.1. The lowest BCUT2D eigenvalue weighted by Crippen LogP contribution is -2.51. The number of benzene rings is 1. The van der Waals surface area contributed by atoms with E-state index in [-0.39, 0.29) is 30.2 Å². The van der Waals surface area contributed by atoms with Crippen LogP contribution in [0.4, 0.5) is 4.39 Å². The zero-order valence-electron chi connectivity index (χ0n) is 20.3. The molecule has 2 amide bonds. The Hall–Kier alpha value is -3.47. The maximum atomic E-state index is 14.8. The van der Waals surface area contributed by atoms with E-state index >= 15 is 0 Å². The number of carbonyl (C=O) groups excluding carboxylic acids is 2. The lowest BCUT2D eigenvalue weighted by atomic mass is 10.00. The minimum atomic E-state index is -0.425. The fourth-order valence-corrected chi connectivity index (χ4v) is 5.82. The van der Waals surface area contributed by atoms with E-state index in [0.29, 0.717) is 52.2 Å². The van der Waals surface area contributed by atoms with Crippen LogP contribution in [-0.4, -0.2) is 73.0 Å². The first kappa shape index (κ1) is 23.9. The molecule has 37 heavy (non-hydrogen) atoms. The molecule has 6 rings (SSSR count). The second-order valence-electron chi connectivity index (χ2n) is 9.88. The van der Waals surface area contributed by atoms with Crippen LogP contribution < -0.4 is 0 Å². The fraction of sp³-hybridized carbons (Fsp3) is 0.385. The van der Waals surface area contributed by atoms with Gasteiger partial charge in [0.05, 0.1) is 17.6 Å². The Bertz CT molecular complexity index is 1540. The van der Waals surface area contributed by atoms with Gasteiger partial charge in [0.1, 0.15) is 15.9 Å². The molecule has 4 aromatic rings. The van der Waals surface area contributed by atoms with Crippen molar-refractivity contribution in [1.82, 2.24) is 34.5 Å². The monoisotopic (exact) mass is 565 g/mol. The van der Waals surface area contributed by atoms with Crippen molar-refractivity contribution in [2.24, 2.45) is 11.8 Å². The Labute approximate surface area is 220 Å². The quantitative estimate of drug-likeness (QED) is 0.375. The molecular weight excluding hydrogens is 541 g/mol. The standard InChI is InChI=1S/C26H25BrFN7O2/c1-33-7-8-34(14-22(33)36)26(37)17-5-4-15(9-17)10-21-30-13-19-24(27)32-35(25(19)31-21)18-11-16-3-2-6-29-23(16)20(28)12-18/h2-3,6,11-13,15,17H,4-5,7-10,14H2,1H3/t15-,17-/m1/s1. The number of piperazine rings is 1. The molecular formula is C26H25BrFN7O2. The number of hydrogen-bond donors (Lipinski definition) is 0. The summed E-state index contributed by atoms with van der Waals surface area (Å²) in [6.07, 6.45) is 6.41. The SMILES string of the molecule is CN1CCN(C(=O)[C@@H]2CC[C@@H](Cc3ncc4c(Br)nn(-c5cc(F)c6ncccc6c5)c4n3)C2)CC1=O. The van der Waals surface area contributed by atoms with Crippen LogP contribution in [0.2, 0.25) is 0 Å². The molecule has 3 aromatic heterocycles. The second-order valence-corrected chi connectivity index (χ2v) is 10.6. The number of nitrogens with zero attached hydrogens (tertiary/aromatic N) is 7. The third-order valence-corrected chi connectivity index (χ3v) is 8.03. The molecule has 0 unspecified atom stereocenters. The number of pyridine rings is 1. The third kappa shape index (κ3) is 4.45. The van der Waals surface area contributed by atoms with Gasteiger partial charge >= 0.3 is 0 Å². The molecule has 0 N–H and O–H groups in total. The number of halogens is 2. The van der Waals surface area contributed by atoms with E-state index in [0.717, 1.165) is 24.6 Å². The Morgan fingerprint density at radius 1 is 1.22 bits per heavy atom. The van der Waals surface area contributed by atoms with E-state index in [2.05, 4.69) is 31.0 Å². The van der Waals surface area contributed by atoms with Gasteiger partial charge in [-0.3, -0.25) is 14.6 Å². The van der Waals surface area contributed by atoms with Crippen LogP contribution in [0.25, 0.3) is 27.6 Å². The molecule has 2 fully saturated rings. The van der Waals surface area contributed by atoms with Crippen molar-refractivity contribution in [2.75, 3.05) is 26.7 Å². The summed E-state index contributed by atoms with van der Waals surface area (Å²) in [7, 11) is 1.77. The fourth-order valence-electron chi connectivity index (χ4n) is 5.39. The van der Waals surface area contributed by atoms with Crippen LogP contribution >= 0.6 is 15.9 Å². The van der Waals surface area contributed by atoms with Crippen molar-refractivity contribution < 1.29 is 14.0 Å². The smallest absolute Gasteiger partial charge is 0.241 e. The van der Waals surface area contributed by atoms with Crippen molar-refractivity contribution >= 4 is 49.7 Å². The molecule has 1 aliphatic heterocycles. The lowest BCUT2D eigenvalue weighted by Gasteiger charge is -2.33. The number of carbonyl (C=O) groups is 2. The van der Waals surface area contributed by atoms with Gasteiger partial charge in [0, 0.05) is 56.3 Å². The second kappa shape index (κ2) is 9.44. The lowest BCUT2D eigenvalue weighted by molar-refractivity contribution is -0.146. The highest BCUT2D eigenvalue weighted by Gasteiger charge is 2.35. The van der Waals surface area contributed by atoms with Gasteiger partial charge < -0.3 is 9.80 Å². The van der Waals surface area contributed by atoms with Crippen molar-refractivity contribution in [2.45, 2.75) is 25.7 Å². The average Bonchev–Trinajstić information content (AvgIpc) is 3.49. The molecule has 0 bridgehead atoms. The summed E-state index contributed by atoms with van der Waals surface area (Å²) in [4.78, 5) is 41.9. The molecule has 11 heteroatoms. The number of aromatic nitrogens is 5. The normalized spacial score (nSPS) is 20.4. The average molecular weight is 566 g/mol. The van der Waals surface area contributed by atoms with Crippen molar-refractivity contribution in [3.63, 3.8) is 0 Å². The Kier molecular flexibility index (Phi) is 6.10. The Morgan fingerprint density at radius 2 is 2.08 bits per heavy atom. The maximum absolute atomic E-state index is 14.8. The van der Waals surface area contributed by atoms with Crippen molar-refractivity contribution in [1.29, 1.82) is 0 Å². The van der Waals surface area contributed by atoms with Gasteiger partial charge in [0.25, 0.3) is 0 Å². The van der Waals surface area contributed by atoms with Crippen molar-refractivity contribution in [3.05, 3.63) is 52.9 Å². The molecule has 1 aliphatic carbocycles. The van der Waals surface area contributed by atoms with Gasteiger partial charge in [-0.25, -0.2) is 19.0 Å². The number of fused-ring (bicyclic) bond motifs is 2. The summed E-state index contributed by atoms with van der Waals surface area (Å²) in [5.41, 5.74) is 1.44. The molecule has 2 aliphatic rings. The minimum Gasteiger partial charge on any atom is -0.342 e. The van der Waals surface area contributed by atoms with Gasteiger partial charge in [-0.1, -0.05) is 6.07 Å². The first-order chi connectivity index (χ1) is 17.9. The van der Waals surface area contributed by atoms with Crippen LogP contribution in [0.1, 0.15) is 25.1 Å². The van der Waals surface area contributed by atoms with Crippen LogP contribution in [0.5, 0.6) is 0 Å². The van der Waals surface area contributed by atoms with Crippen LogP contribution in [0.15, 0.2) is 41.3 Å². The highest BCUT2D eigenvalue weighted by Crippen LogP contribution is 2.35. The zero-order chi connectivity index (χ0) is 25.7. The van der Waals surface area contributed by atoms with Crippen LogP contribution in [0, 0.1) is 17.7 Å². The van der Waals surface area contributed by atoms with E-state index in [1.165, 1.54) is 6.07 Å². The van der Waals surface area contributed by atoms with Crippen molar-refractivity contribution in [3.8, 4) is 5.69 Å². The molecule has 1 saturated heterocycles. The summed E-state index contributed by atoms with van der Waals surface area (Å²) in [5.74, 6) is 0.511. The number of hydrogen-bond acceptors (Lipinski definition) is 6. The van der Waals surface area contributed by atoms with E-state index < -0.39 is 5.82 Å². The van der Waals surface area contributed by atoms with Gasteiger partial charge in [-0.2, -0.15) is 5.10 Å². The number of likely N-dealkylation sites (N-methyl/N-ethyl adjacent to an activating group) is 1. The topological polar surface area (TPSA) is 97.1 Å². The molecule has 1 aromatic carbocycles. The highest BCUT2D eigenvalue weighted by molar-refractivity contribution is 9.10. The van der Waals surface area contributed by atoms with E-state index in [1.807, 2.05) is 12.1 Å². The van der Waals surface area contributed by atoms with Gasteiger partial charge in [0.2, 0.25) is 11.8 Å². The van der Waals surface area contributed by atoms with E-state index in [4.69, 9.17) is 4.98 Å². The molecule has 9 nitrogen and oxygen atoms in total. The minimum absolute atomic E-state index is 0.0128. The zero-order valence-corrected chi connectivity index (χ0v) is 21.9. The summed E-state index contributed by atoms with van der Waals surface area (Å²) in [6.45, 7) is 1.34. The molecule has 0 radical (unpaired) electrons. The number of amides is 2. The molecule has 1 saturated carbocycles. The predicted molar refractivity (Wildman–Crippen MR) is 138 cm³/mol. The van der Waals surface area contributed by atoms with Gasteiger partial charge in [-0.05, 0) is 53.2 Å². The molecule has 0 spiro atoms. The highest BCUT2D eigenvalue weighted by atomic mass is 79.9. The molecule has 190 valence electrons. The number of rotatable bonds is 4. The van der Waals surface area contributed by atoms with Crippen LogP contribution in [-0.2, 0) is 16.0 Å². The first-order valence-electron chi connectivity index (χ1n) is 12.3. The van der Waals surface area contributed by atoms with Gasteiger partial charge in [-0.15, -0.1) is 0 Å². The summed E-state index contributed by atoms with van der Waals surface area (Å²) >= 11 is 3.48. The summed E-state index contributed by atoms with van der Waals surface area (Å²) in [5, 5.41) is 5.95. The van der Waals surface area contributed by atoms with E-state index in [9.17, 15) is 14.0 Å². The third-order valence-electron chi connectivity index (χ3n) is 7.45. The Balaban J connectivity index is 1.22. The van der Waals surface area contributed by atoms with Gasteiger partial charge in [0.15, 0.2) is 11.5 Å². The summed E-state index contributed by atoms with van der Waals surface area (Å²) in [6, 6.07) is 6.82. The Morgan fingerprint density at radius 3 is 2.92 bits per heavy atom. The summed E-state index contributed by atoms with van der Waals surface area (Å²) < 4.78 is 17.0. The van der Waals surface area contributed by atoms with Crippen LogP contribution in [0.3, 0.4) is 0 Å². The maximum Gasteiger partial charge on any atom is 0.241 e.